The van der Waals surface area contributed by atoms with Gasteiger partial charge in [-0.25, -0.2) is 22.7 Å². The molecular formula is C27H34FNO5S. The number of rotatable bonds is 3. The van der Waals surface area contributed by atoms with Gasteiger partial charge in [-0.05, 0) is 79.5 Å². The second kappa shape index (κ2) is 8.23. The van der Waals surface area contributed by atoms with Crippen molar-refractivity contribution in [3.05, 3.63) is 41.5 Å². The van der Waals surface area contributed by atoms with E-state index in [-0.39, 0.29) is 45.3 Å². The number of ether oxygens (including phenoxy) is 1. The maximum Gasteiger partial charge on any atom is 0.338 e. The first-order chi connectivity index (χ1) is 16.3. The highest BCUT2D eigenvalue weighted by molar-refractivity contribution is 7.89. The summed E-state index contributed by atoms with van der Waals surface area (Å²) in [5, 5.41) is 5.21. The molecule has 8 atom stereocenters. The Bertz CT molecular complexity index is 1210. The number of ketones is 1. The van der Waals surface area contributed by atoms with Crippen molar-refractivity contribution in [3.63, 3.8) is 0 Å². The van der Waals surface area contributed by atoms with Crippen LogP contribution in [0.5, 0.6) is 0 Å². The van der Waals surface area contributed by atoms with Crippen LogP contribution in [0.2, 0.25) is 0 Å². The number of esters is 1. The van der Waals surface area contributed by atoms with E-state index in [0.29, 0.717) is 25.7 Å². The second-order valence-corrected chi connectivity index (χ2v) is 13.3. The number of primary sulfonamides is 1. The molecule has 4 aliphatic rings. The third-order valence-electron chi connectivity index (χ3n) is 9.77. The molecule has 0 radical (unpaired) electrons. The van der Waals surface area contributed by atoms with E-state index in [2.05, 4.69) is 20.8 Å². The van der Waals surface area contributed by atoms with Crippen molar-refractivity contribution < 1.29 is 27.1 Å². The fourth-order valence-corrected chi connectivity index (χ4v) is 8.64. The van der Waals surface area contributed by atoms with Crippen LogP contribution >= 0.6 is 0 Å². The molecule has 5 unspecified atom stereocenters. The van der Waals surface area contributed by atoms with E-state index in [1.807, 2.05) is 0 Å². The van der Waals surface area contributed by atoms with Crippen molar-refractivity contribution in [2.45, 2.75) is 76.5 Å². The highest BCUT2D eigenvalue weighted by Crippen LogP contribution is 2.67. The Morgan fingerprint density at radius 3 is 2.69 bits per heavy atom. The van der Waals surface area contributed by atoms with Gasteiger partial charge in [0.25, 0.3) is 0 Å². The lowest BCUT2D eigenvalue weighted by Gasteiger charge is -2.60. The molecule has 0 aromatic heterocycles. The van der Waals surface area contributed by atoms with Gasteiger partial charge in [0.2, 0.25) is 10.0 Å². The molecule has 1 aromatic carbocycles. The van der Waals surface area contributed by atoms with Gasteiger partial charge in [-0.3, -0.25) is 4.79 Å². The van der Waals surface area contributed by atoms with Crippen LogP contribution in [0.4, 0.5) is 4.39 Å². The fraction of sp³-hybridized carbons (Fsp3) is 0.630. The van der Waals surface area contributed by atoms with Gasteiger partial charge in [0.1, 0.15) is 12.3 Å². The molecule has 2 N–H and O–H groups in total. The normalized spacial score (nSPS) is 40.8. The van der Waals surface area contributed by atoms with Crippen LogP contribution < -0.4 is 5.14 Å². The average molecular weight is 504 g/mol. The van der Waals surface area contributed by atoms with Gasteiger partial charge in [0, 0.05) is 17.8 Å². The molecule has 0 spiro atoms. The molecule has 3 saturated carbocycles. The van der Waals surface area contributed by atoms with Crippen LogP contribution in [0.25, 0.3) is 0 Å². The molecule has 35 heavy (non-hydrogen) atoms. The number of hydrogen-bond donors (Lipinski definition) is 1. The number of nitrogens with two attached hydrogens (primary N) is 1. The molecule has 5 rings (SSSR count). The molecule has 0 saturated heterocycles. The molecule has 6 nitrogen and oxygen atoms in total. The Morgan fingerprint density at radius 1 is 1.23 bits per heavy atom. The maximum absolute atomic E-state index is 16.2. The molecule has 0 bridgehead atoms. The van der Waals surface area contributed by atoms with E-state index in [1.165, 1.54) is 24.3 Å². The molecule has 8 heteroatoms. The average Bonchev–Trinajstić information content (AvgIpc) is 3.09. The summed E-state index contributed by atoms with van der Waals surface area (Å²) in [6.07, 6.45) is 4.12. The van der Waals surface area contributed by atoms with Crippen LogP contribution in [0.15, 0.2) is 40.8 Å². The third kappa shape index (κ3) is 3.88. The predicted octanol–water partition coefficient (Wildman–Crippen LogP) is 4.59. The molecule has 0 aliphatic heterocycles. The minimum absolute atomic E-state index is 0.120. The third-order valence-corrected chi connectivity index (χ3v) is 10.7. The van der Waals surface area contributed by atoms with Gasteiger partial charge in [0.15, 0.2) is 5.78 Å². The first-order valence-corrected chi connectivity index (χ1v) is 14.1. The minimum atomic E-state index is -3.95. The topological polar surface area (TPSA) is 104 Å². The quantitative estimate of drug-likeness (QED) is 0.608. The summed E-state index contributed by atoms with van der Waals surface area (Å²) in [5.41, 5.74) is 0.442. The summed E-state index contributed by atoms with van der Waals surface area (Å²) in [6, 6.07) is 5.52. The van der Waals surface area contributed by atoms with Crippen LogP contribution in [-0.4, -0.2) is 32.4 Å². The van der Waals surface area contributed by atoms with Crippen LogP contribution in [0.1, 0.15) is 69.7 Å². The number of carbonyl (C=O) groups is 2. The van der Waals surface area contributed by atoms with Crippen molar-refractivity contribution >= 4 is 21.8 Å². The van der Waals surface area contributed by atoms with Gasteiger partial charge >= 0.3 is 5.97 Å². The summed E-state index contributed by atoms with van der Waals surface area (Å²) in [4.78, 5) is 25.0. The van der Waals surface area contributed by atoms with Gasteiger partial charge in [-0.15, -0.1) is 0 Å². The number of hydrogen-bond acceptors (Lipinski definition) is 5. The van der Waals surface area contributed by atoms with Crippen molar-refractivity contribution in [1.82, 2.24) is 0 Å². The van der Waals surface area contributed by atoms with Gasteiger partial charge in [-0.1, -0.05) is 32.4 Å². The predicted molar refractivity (Wildman–Crippen MR) is 129 cm³/mol. The summed E-state index contributed by atoms with van der Waals surface area (Å²) in [5.74, 6) is 0.0317. The molecule has 3 fully saturated rings. The van der Waals surface area contributed by atoms with E-state index in [0.717, 1.165) is 18.4 Å². The molecule has 0 amide bonds. The van der Waals surface area contributed by atoms with Crippen molar-refractivity contribution in [3.8, 4) is 0 Å². The first-order valence-electron chi connectivity index (χ1n) is 12.6. The number of sulfonamides is 1. The summed E-state index contributed by atoms with van der Waals surface area (Å²) in [6.45, 7) is 6.37. The second-order valence-electron chi connectivity index (χ2n) is 11.7. The molecule has 0 heterocycles. The number of carbonyl (C=O) groups excluding carboxylic acids is 2. The Morgan fingerprint density at radius 2 is 1.97 bits per heavy atom. The van der Waals surface area contributed by atoms with Crippen LogP contribution in [0.3, 0.4) is 0 Å². The Hall–Kier alpha value is -2.06. The van der Waals surface area contributed by atoms with E-state index in [1.54, 1.807) is 6.08 Å². The van der Waals surface area contributed by atoms with Gasteiger partial charge < -0.3 is 4.74 Å². The van der Waals surface area contributed by atoms with E-state index in [9.17, 15) is 18.0 Å². The largest absolute Gasteiger partial charge is 0.458 e. The number of allylic oxidation sites excluding steroid dienone is 1. The number of benzene rings is 1. The zero-order chi connectivity index (χ0) is 25.3. The van der Waals surface area contributed by atoms with E-state index in [4.69, 9.17) is 9.88 Å². The maximum atomic E-state index is 16.2. The van der Waals surface area contributed by atoms with Crippen LogP contribution in [0, 0.1) is 34.5 Å². The molecule has 1 aromatic rings. The highest BCUT2D eigenvalue weighted by atomic mass is 32.2. The van der Waals surface area contributed by atoms with Crippen LogP contribution in [-0.2, 0) is 19.6 Å². The minimum Gasteiger partial charge on any atom is -0.458 e. The zero-order valence-electron chi connectivity index (χ0n) is 20.5. The lowest BCUT2D eigenvalue weighted by Crippen LogP contribution is -2.58. The Balaban J connectivity index is 1.42. The zero-order valence-corrected chi connectivity index (χ0v) is 21.3. The number of alkyl halides is 1. The van der Waals surface area contributed by atoms with E-state index >= 15 is 4.39 Å². The summed E-state index contributed by atoms with van der Waals surface area (Å²) in [7, 11) is -3.95. The summed E-state index contributed by atoms with van der Waals surface area (Å²) >= 11 is 0. The Labute approximate surface area is 206 Å². The number of halogens is 1. The lowest BCUT2D eigenvalue weighted by molar-refractivity contribution is -0.136. The van der Waals surface area contributed by atoms with Crippen molar-refractivity contribution in [2.24, 2.45) is 39.6 Å². The lowest BCUT2D eigenvalue weighted by atomic mass is 9.44. The van der Waals surface area contributed by atoms with E-state index < -0.39 is 33.7 Å². The highest BCUT2D eigenvalue weighted by Gasteiger charge is 2.64. The number of fused-ring (bicyclic) bond motifs is 5. The van der Waals surface area contributed by atoms with Crippen molar-refractivity contribution in [2.75, 3.05) is 0 Å². The van der Waals surface area contributed by atoms with Crippen molar-refractivity contribution in [1.29, 1.82) is 0 Å². The fourth-order valence-electron chi connectivity index (χ4n) is 8.08. The summed E-state index contributed by atoms with van der Waals surface area (Å²) < 4.78 is 45.5. The molecular weight excluding hydrogens is 469 g/mol. The molecule has 4 aliphatic carbocycles. The Kier molecular flexibility index (Phi) is 5.79. The van der Waals surface area contributed by atoms with Gasteiger partial charge in [0.05, 0.1) is 10.5 Å². The first kappa shape index (κ1) is 24.6. The SMILES string of the molecule is CC1CC2=CC(=O)CC[C@]2(C)C2C(F)C[C@@]3(C)C(CC[C@@H]3OC(=O)c3cccc(S(N)(=O)=O)c3)C12. The van der Waals surface area contributed by atoms with Gasteiger partial charge in [-0.2, -0.15) is 0 Å². The molecule has 190 valence electrons. The monoisotopic (exact) mass is 503 g/mol. The smallest absolute Gasteiger partial charge is 0.338 e. The standard InChI is InChI=1S/C27H34FNO5S/c1-15-11-17-13-18(30)9-10-26(17,2)24-21(28)14-27(3)20(23(15)24)7-8-22(27)34-25(31)16-5-4-6-19(12-16)35(29,32)33/h4-6,12-13,15,20-24H,7-11,14H2,1-3H3,(H2,29,32,33)/t15?,20?,21?,22-,23?,24?,26-,27-/m0/s1.